The molecule has 0 aliphatic heterocycles. The molecule has 0 saturated heterocycles. The number of methoxy groups -OCH3 is 1. The lowest BCUT2D eigenvalue weighted by molar-refractivity contribution is 0.399. The van der Waals surface area contributed by atoms with Gasteiger partial charge in [0.1, 0.15) is 10.6 Å². The molecule has 0 radical (unpaired) electrons. The molecule has 5 nitrogen and oxygen atoms in total. The Bertz CT molecular complexity index is 552. The predicted molar refractivity (Wildman–Crippen MR) is 72.0 cm³/mol. The van der Waals surface area contributed by atoms with Crippen molar-refractivity contribution in [1.82, 2.24) is 4.31 Å². The van der Waals surface area contributed by atoms with E-state index in [9.17, 15) is 8.42 Å². The van der Waals surface area contributed by atoms with Gasteiger partial charge >= 0.3 is 0 Å². The molecule has 0 heterocycles. The van der Waals surface area contributed by atoms with Gasteiger partial charge in [0.15, 0.2) is 0 Å². The van der Waals surface area contributed by atoms with Crippen LogP contribution in [-0.4, -0.2) is 33.4 Å². The zero-order valence-electron chi connectivity index (χ0n) is 10.8. The molecule has 1 rings (SSSR count). The van der Waals surface area contributed by atoms with Crippen LogP contribution in [0.15, 0.2) is 35.2 Å². The highest BCUT2D eigenvalue weighted by Gasteiger charge is 2.24. The number of nitrogens with zero attached hydrogens (tertiary/aromatic N) is 1. The van der Waals surface area contributed by atoms with Crippen molar-refractivity contribution in [3.63, 3.8) is 0 Å². The van der Waals surface area contributed by atoms with E-state index < -0.39 is 10.0 Å². The SMILES string of the molecule is C=C(C)CN(C)S(=O)(=O)c1ccc(N)cc1OC. The first-order valence-corrected chi connectivity index (χ1v) is 6.77. The lowest BCUT2D eigenvalue weighted by Crippen LogP contribution is -2.28. The average molecular weight is 270 g/mol. The summed E-state index contributed by atoms with van der Waals surface area (Å²) in [6, 6.07) is 4.46. The molecular weight excluding hydrogens is 252 g/mol. The first-order valence-electron chi connectivity index (χ1n) is 5.33. The Hall–Kier alpha value is -1.53. The van der Waals surface area contributed by atoms with E-state index in [0.29, 0.717) is 5.69 Å². The van der Waals surface area contributed by atoms with Gasteiger partial charge in [0.2, 0.25) is 10.0 Å². The number of ether oxygens (including phenoxy) is 1. The monoisotopic (exact) mass is 270 g/mol. The maximum Gasteiger partial charge on any atom is 0.246 e. The van der Waals surface area contributed by atoms with E-state index in [0.717, 1.165) is 5.57 Å². The van der Waals surface area contributed by atoms with E-state index in [4.69, 9.17) is 10.5 Å². The van der Waals surface area contributed by atoms with Crippen LogP contribution in [0.2, 0.25) is 0 Å². The number of rotatable bonds is 5. The summed E-state index contributed by atoms with van der Waals surface area (Å²) in [7, 11) is -0.693. The van der Waals surface area contributed by atoms with Crippen molar-refractivity contribution >= 4 is 15.7 Å². The topological polar surface area (TPSA) is 72.6 Å². The molecular formula is C12H18N2O3S. The second-order valence-corrected chi connectivity index (χ2v) is 6.14. The summed E-state index contributed by atoms with van der Waals surface area (Å²) < 4.78 is 30.9. The van der Waals surface area contributed by atoms with Crippen molar-refractivity contribution in [2.75, 3.05) is 26.4 Å². The highest BCUT2D eigenvalue weighted by atomic mass is 32.2. The van der Waals surface area contributed by atoms with E-state index >= 15 is 0 Å². The van der Waals surface area contributed by atoms with Gasteiger partial charge in [-0.3, -0.25) is 0 Å². The van der Waals surface area contributed by atoms with Gasteiger partial charge in [-0.15, -0.1) is 0 Å². The minimum atomic E-state index is -3.60. The summed E-state index contributed by atoms with van der Waals surface area (Å²) in [4.78, 5) is 0.1000. The van der Waals surface area contributed by atoms with Gasteiger partial charge < -0.3 is 10.5 Å². The normalized spacial score (nSPS) is 11.6. The Balaban J connectivity index is 3.24. The maximum atomic E-state index is 12.3. The zero-order chi connectivity index (χ0) is 13.9. The minimum Gasteiger partial charge on any atom is -0.495 e. The molecule has 100 valence electrons. The molecule has 18 heavy (non-hydrogen) atoms. The fourth-order valence-corrected chi connectivity index (χ4v) is 2.89. The van der Waals surface area contributed by atoms with Crippen LogP contribution in [0.4, 0.5) is 5.69 Å². The van der Waals surface area contributed by atoms with E-state index in [1.165, 1.54) is 36.7 Å². The predicted octanol–water partition coefficient (Wildman–Crippen LogP) is 1.47. The van der Waals surface area contributed by atoms with Crippen molar-refractivity contribution in [2.24, 2.45) is 0 Å². The molecule has 0 atom stereocenters. The highest BCUT2D eigenvalue weighted by Crippen LogP contribution is 2.28. The van der Waals surface area contributed by atoms with Crippen molar-refractivity contribution in [3.05, 3.63) is 30.4 Å². The molecule has 6 heteroatoms. The number of likely N-dealkylation sites (N-methyl/N-ethyl adjacent to an activating group) is 1. The Kier molecular flexibility index (Phi) is 4.37. The van der Waals surface area contributed by atoms with Crippen molar-refractivity contribution < 1.29 is 13.2 Å². The molecule has 0 saturated carbocycles. The number of nitrogens with two attached hydrogens (primary N) is 1. The lowest BCUT2D eigenvalue weighted by atomic mass is 10.3. The van der Waals surface area contributed by atoms with E-state index in [2.05, 4.69) is 6.58 Å². The Morgan fingerprint density at radius 1 is 1.50 bits per heavy atom. The van der Waals surface area contributed by atoms with E-state index in [1.807, 2.05) is 0 Å². The Labute approximate surface area is 108 Å². The van der Waals surface area contributed by atoms with Gasteiger partial charge in [-0.2, -0.15) is 4.31 Å². The van der Waals surface area contributed by atoms with Gasteiger partial charge in [-0.1, -0.05) is 12.2 Å². The third kappa shape index (κ3) is 3.02. The average Bonchev–Trinajstić information content (AvgIpc) is 2.27. The van der Waals surface area contributed by atoms with Crippen LogP contribution in [-0.2, 0) is 10.0 Å². The quantitative estimate of drug-likeness (QED) is 0.649. The second-order valence-electron chi connectivity index (χ2n) is 4.13. The largest absolute Gasteiger partial charge is 0.495 e. The fourth-order valence-electron chi connectivity index (χ4n) is 1.53. The Morgan fingerprint density at radius 3 is 2.61 bits per heavy atom. The van der Waals surface area contributed by atoms with Crippen molar-refractivity contribution in [1.29, 1.82) is 0 Å². The van der Waals surface area contributed by atoms with Crippen LogP contribution < -0.4 is 10.5 Å². The van der Waals surface area contributed by atoms with Gasteiger partial charge in [-0.05, 0) is 19.1 Å². The molecule has 0 amide bonds. The first-order chi connectivity index (χ1) is 8.28. The third-order valence-corrected chi connectivity index (χ3v) is 4.21. The second kappa shape index (κ2) is 5.41. The summed E-state index contributed by atoms with van der Waals surface area (Å²) >= 11 is 0. The molecule has 0 aliphatic rings. The third-order valence-electron chi connectivity index (χ3n) is 2.37. The molecule has 0 aliphatic carbocycles. The number of hydrogen-bond acceptors (Lipinski definition) is 4. The number of anilines is 1. The number of hydrogen-bond donors (Lipinski definition) is 1. The first kappa shape index (κ1) is 14.5. The summed E-state index contributed by atoms with van der Waals surface area (Å²) in [5, 5.41) is 0. The Morgan fingerprint density at radius 2 is 2.11 bits per heavy atom. The molecule has 0 unspecified atom stereocenters. The van der Waals surface area contributed by atoms with Crippen molar-refractivity contribution in [2.45, 2.75) is 11.8 Å². The summed E-state index contributed by atoms with van der Waals surface area (Å²) in [6.45, 7) is 5.73. The molecule has 1 aromatic carbocycles. The molecule has 1 aromatic rings. The summed E-state index contributed by atoms with van der Waals surface area (Å²) in [5.74, 6) is 0.239. The van der Waals surface area contributed by atoms with Gasteiger partial charge in [0.05, 0.1) is 7.11 Å². The van der Waals surface area contributed by atoms with Crippen LogP contribution in [0, 0.1) is 0 Å². The minimum absolute atomic E-state index is 0.1000. The molecule has 0 fully saturated rings. The molecule has 0 aromatic heterocycles. The van der Waals surface area contributed by atoms with Gasteiger partial charge in [0.25, 0.3) is 0 Å². The highest BCUT2D eigenvalue weighted by molar-refractivity contribution is 7.89. The summed E-state index contributed by atoms with van der Waals surface area (Å²) in [6.07, 6.45) is 0. The standard InChI is InChI=1S/C12H18N2O3S/c1-9(2)8-14(3)18(15,16)12-6-5-10(13)7-11(12)17-4/h5-7H,1,8,13H2,2-4H3. The van der Waals surface area contributed by atoms with Crippen LogP contribution in [0.25, 0.3) is 0 Å². The number of benzene rings is 1. The fraction of sp³-hybridized carbons (Fsp3) is 0.333. The van der Waals surface area contributed by atoms with Gasteiger partial charge in [0, 0.05) is 25.3 Å². The van der Waals surface area contributed by atoms with Crippen LogP contribution >= 0.6 is 0 Å². The van der Waals surface area contributed by atoms with Crippen molar-refractivity contribution in [3.8, 4) is 5.75 Å². The van der Waals surface area contributed by atoms with Crippen LogP contribution in [0.3, 0.4) is 0 Å². The number of sulfonamides is 1. The smallest absolute Gasteiger partial charge is 0.246 e. The van der Waals surface area contributed by atoms with Crippen LogP contribution in [0.5, 0.6) is 5.75 Å². The zero-order valence-corrected chi connectivity index (χ0v) is 11.6. The molecule has 2 N–H and O–H groups in total. The lowest BCUT2D eigenvalue weighted by Gasteiger charge is -2.19. The summed E-state index contributed by atoms with van der Waals surface area (Å²) in [5.41, 5.74) is 6.81. The van der Waals surface area contributed by atoms with E-state index in [1.54, 1.807) is 6.92 Å². The molecule has 0 bridgehead atoms. The van der Waals surface area contributed by atoms with Crippen LogP contribution in [0.1, 0.15) is 6.92 Å². The maximum absolute atomic E-state index is 12.3. The number of nitrogen functional groups attached to an aromatic ring is 1. The molecule has 0 spiro atoms. The van der Waals surface area contributed by atoms with E-state index in [-0.39, 0.29) is 17.2 Å². The van der Waals surface area contributed by atoms with Gasteiger partial charge in [-0.25, -0.2) is 8.42 Å².